The molecule has 1 N–H and O–H groups in total. The van der Waals surface area contributed by atoms with Gasteiger partial charge in [-0.05, 0) is 42.0 Å². The Morgan fingerprint density at radius 2 is 1.74 bits per heavy atom. The maximum absolute atomic E-state index is 11.5. The molecule has 1 heterocycles. The number of carbonyl (C=O) groups excluding carboxylic acids is 1. The van der Waals surface area contributed by atoms with E-state index in [0.717, 1.165) is 28.0 Å². The lowest BCUT2D eigenvalue weighted by molar-refractivity contribution is 0.0600. The van der Waals surface area contributed by atoms with Crippen LogP contribution in [0, 0.1) is 0 Å². The first kappa shape index (κ1) is 16.8. The summed E-state index contributed by atoms with van der Waals surface area (Å²) in [5.74, 6) is -0.327. The zero-order valence-electron chi connectivity index (χ0n) is 14.9. The van der Waals surface area contributed by atoms with Gasteiger partial charge in [0.15, 0.2) is 0 Å². The normalized spacial score (nSPS) is 10.7. The minimum atomic E-state index is -0.327. The number of hydrogen-bond donors (Lipinski definition) is 1. The number of nitrogens with zero attached hydrogens (tertiary/aromatic N) is 2. The van der Waals surface area contributed by atoms with Gasteiger partial charge >= 0.3 is 5.97 Å². The Labute approximate surface area is 157 Å². The third-order valence-electron chi connectivity index (χ3n) is 4.48. The molecule has 0 aliphatic rings. The van der Waals surface area contributed by atoms with Crippen molar-refractivity contribution in [2.45, 2.75) is 6.54 Å². The third kappa shape index (κ3) is 3.40. The van der Waals surface area contributed by atoms with Crippen LogP contribution < -0.4 is 5.32 Å². The van der Waals surface area contributed by atoms with Crippen LogP contribution in [0.1, 0.15) is 15.9 Å². The molecular formula is C22H19N3O2. The van der Waals surface area contributed by atoms with E-state index in [-0.39, 0.29) is 5.97 Å². The van der Waals surface area contributed by atoms with E-state index in [9.17, 15) is 4.79 Å². The average Bonchev–Trinajstić information content (AvgIpc) is 3.16. The molecule has 4 aromatic rings. The first-order valence-electron chi connectivity index (χ1n) is 8.69. The van der Waals surface area contributed by atoms with E-state index in [2.05, 4.69) is 27.0 Å². The van der Waals surface area contributed by atoms with Gasteiger partial charge in [0.25, 0.3) is 0 Å². The van der Waals surface area contributed by atoms with E-state index < -0.39 is 0 Å². The fraction of sp³-hybridized carbons (Fsp3) is 0.0909. The molecule has 0 spiro atoms. The Kier molecular flexibility index (Phi) is 4.58. The zero-order chi connectivity index (χ0) is 18.6. The number of aromatic nitrogens is 2. The van der Waals surface area contributed by atoms with Crippen molar-refractivity contribution in [3.63, 3.8) is 0 Å². The molecule has 0 amide bonds. The second kappa shape index (κ2) is 7.33. The SMILES string of the molecule is COC(=O)c1ccc(CNc2ccccc2-n2cnc3ccccc32)cc1. The van der Waals surface area contributed by atoms with Crippen LogP contribution in [0.4, 0.5) is 5.69 Å². The summed E-state index contributed by atoms with van der Waals surface area (Å²) in [6.07, 6.45) is 1.84. The van der Waals surface area contributed by atoms with Crippen LogP contribution in [0.25, 0.3) is 16.7 Å². The second-order valence-corrected chi connectivity index (χ2v) is 6.16. The van der Waals surface area contributed by atoms with Gasteiger partial charge in [0, 0.05) is 6.54 Å². The van der Waals surface area contributed by atoms with Crippen molar-refractivity contribution in [3.8, 4) is 5.69 Å². The minimum absolute atomic E-state index is 0.327. The second-order valence-electron chi connectivity index (χ2n) is 6.16. The number of carbonyl (C=O) groups is 1. The van der Waals surface area contributed by atoms with E-state index in [1.807, 2.05) is 54.9 Å². The molecule has 0 saturated carbocycles. The van der Waals surface area contributed by atoms with Crippen molar-refractivity contribution in [1.82, 2.24) is 9.55 Å². The lowest BCUT2D eigenvalue weighted by atomic mass is 10.1. The molecule has 0 saturated heterocycles. The Hall–Kier alpha value is -3.60. The van der Waals surface area contributed by atoms with Crippen LogP contribution in [-0.4, -0.2) is 22.6 Å². The van der Waals surface area contributed by atoms with E-state index in [1.54, 1.807) is 12.1 Å². The van der Waals surface area contributed by atoms with Crippen molar-refractivity contribution >= 4 is 22.7 Å². The molecule has 0 radical (unpaired) electrons. The van der Waals surface area contributed by atoms with Crippen LogP contribution in [-0.2, 0) is 11.3 Å². The molecular weight excluding hydrogens is 338 g/mol. The van der Waals surface area contributed by atoms with Gasteiger partial charge in [-0.1, -0.05) is 36.4 Å². The van der Waals surface area contributed by atoms with Crippen molar-refractivity contribution < 1.29 is 9.53 Å². The maximum Gasteiger partial charge on any atom is 0.337 e. The number of para-hydroxylation sites is 4. The molecule has 0 aliphatic heterocycles. The van der Waals surface area contributed by atoms with Crippen molar-refractivity contribution in [3.05, 3.63) is 90.3 Å². The number of benzene rings is 3. The van der Waals surface area contributed by atoms with Crippen LogP contribution in [0.15, 0.2) is 79.1 Å². The molecule has 5 heteroatoms. The molecule has 0 atom stereocenters. The summed E-state index contributed by atoms with van der Waals surface area (Å²) in [4.78, 5) is 16.0. The predicted molar refractivity (Wildman–Crippen MR) is 106 cm³/mol. The van der Waals surface area contributed by atoms with Gasteiger partial charge < -0.3 is 10.1 Å². The van der Waals surface area contributed by atoms with Crippen molar-refractivity contribution in [2.24, 2.45) is 0 Å². The van der Waals surface area contributed by atoms with Crippen LogP contribution in [0.3, 0.4) is 0 Å². The molecule has 3 aromatic carbocycles. The van der Waals surface area contributed by atoms with Gasteiger partial charge in [0.05, 0.1) is 35.1 Å². The summed E-state index contributed by atoms with van der Waals surface area (Å²) in [5, 5.41) is 3.48. The number of esters is 1. The number of nitrogens with one attached hydrogen (secondary N) is 1. The molecule has 0 unspecified atom stereocenters. The molecule has 134 valence electrons. The summed E-state index contributed by atoms with van der Waals surface area (Å²) in [6, 6.07) is 23.6. The van der Waals surface area contributed by atoms with E-state index in [1.165, 1.54) is 7.11 Å². The largest absolute Gasteiger partial charge is 0.465 e. The third-order valence-corrected chi connectivity index (χ3v) is 4.48. The fourth-order valence-electron chi connectivity index (χ4n) is 3.06. The van der Waals surface area contributed by atoms with Gasteiger partial charge in [-0.25, -0.2) is 9.78 Å². The summed E-state index contributed by atoms with van der Waals surface area (Å²) < 4.78 is 6.82. The van der Waals surface area contributed by atoms with Gasteiger partial charge in [0.2, 0.25) is 0 Å². The quantitative estimate of drug-likeness (QED) is 0.537. The highest BCUT2D eigenvalue weighted by Crippen LogP contribution is 2.25. The molecule has 0 aliphatic carbocycles. The van der Waals surface area contributed by atoms with Crippen LogP contribution in [0.5, 0.6) is 0 Å². The van der Waals surface area contributed by atoms with Crippen LogP contribution in [0.2, 0.25) is 0 Å². The average molecular weight is 357 g/mol. The highest BCUT2D eigenvalue weighted by molar-refractivity contribution is 5.89. The van der Waals surface area contributed by atoms with E-state index >= 15 is 0 Å². The number of ether oxygens (including phenoxy) is 1. The van der Waals surface area contributed by atoms with Crippen molar-refractivity contribution in [2.75, 3.05) is 12.4 Å². The number of fused-ring (bicyclic) bond motifs is 1. The van der Waals surface area contributed by atoms with Gasteiger partial charge in [0.1, 0.15) is 6.33 Å². The lowest BCUT2D eigenvalue weighted by Crippen LogP contribution is -2.05. The monoisotopic (exact) mass is 357 g/mol. The van der Waals surface area contributed by atoms with Crippen molar-refractivity contribution in [1.29, 1.82) is 0 Å². The Morgan fingerprint density at radius 3 is 2.56 bits per heavy atom. The lowest BCUT2D eigenvalue weighted by Gasteiger charge is -2.13. The molecule has 0 bridgehead atoms. The highest BCUT2D eigenvalue weighted by Gasteiger charge is 2.09. The standard InChI is InChI=1S/C22H19N3O2/c1-27-22(26)17-12-10-16(11-13-17)14-23-18-6-2-4-8-20(18)25-15-24-19-7-3-5-9-21(19)25/h2-13,15,23H,14H2,1H3. The number of methoxy groups -OCH3 is 1. The summed E-state index contributed by atoms with van der Waals surface area (Å²) >= 11 is 0. The fourth-order valence-corrected chi connectivity index (χ4v) is 3.06. The molecule has 1 aromatic heterocycles. The predicted octanol–water partition coefficient (Wildman–Crippen LogP) is 4.42. The summed E-state index contributed by atoms with van der Waals surface area (Å²) in [7, 11) is 1.38. The smallest absolute Gasteiger partial charge is 0.337 e. The van der Waals surface area contributed by atoms with Gasteiger partial charge in [-0.2, -0.15) is 0 Å². The van der Waals surface area contributed by atoms with Gasteiger partial charge in [-0.15, -0.1) is 0 Å². The van der Waals surface area contributed by atoms with Crippen LogP contribution >= 0.6 is 0 Å². The maximum atomic E-state index is 11.5. The van der Waals surface area contributed by atoms with Gasteiger partial charge in [-0.3, -0.25) is 4.57 Å². The first-order chi connectivity index (χ1) is 13.3. The topological polar surface area (TPSA) is 56.1 Å². The van der Waals surface area contributed by atoms with E-state index in [0.29, 0.717) is 12.1 Å². The Bertz CT molecular complexity index is 1080. The van der Waals surface area contributed by atoms with E-state index in [4.69, 9.17) is 4.74 Å². The molecule has 4 rings (SSSR count). The number of imidazole rings is 1. The Balaban J connectivity index is 1.58. The first-order valence-corrected chi connectivity index (χ1v) is 8.69. The summed E-state index contributed by atoms with van der Waals surface area (Å²) in [5.41, 5.74) is 5.70. The number of anilines is 1. The highest BCUT2D eigenvalue weighted by atomic mass is 16.5. The minimum Gasteiger partial charge on any atom is -0.465 e. The summed E-state index contributed by atoms with van der Waals surface area (Å²) in [6.45, 7) is 0.644. The molecule has 0 fully saturated rings. The number of hydrogen-bond acceptors (Lipinski definition) is 4. The molecule has 27 heavy (non-hydrogen) atoms. The molecule has 5 nitrogen and oxygen atoms in total. The number of rotatable bonds is 5. The Morgan fingerprint density at radius 1 is 1.00 bits per heavy atom. The zero-order valence-corrected chi connectivity index (χ0v) is 14.9.